The molecule has 0 unspecified atom stereocenters. The Kier molecular flexibility index (Phi) is 4.90. The minimum Gasteiger partial charge on any atom is -0.494 e. The quantitative estimate of drug-likeness (QED) is 0.643. The zero-order valence-corrected chi connectivity index (χ0v) is 15.4. The van der Waals surface area contributed by atoms with Crippen LogP contribution in [0.3, 0.4) is 0 Å². The minimum absolute atomic E-state index is 0.302. The molecule has 2 heterocycles. The second-order valence-electron chi connectivity index (χ2n) is 5.59. The van der Waals surface area contributed by atoms with Crippen LogP contribution in [0.2, 0.25) is 0 Å². The zero-order chi connectivity index (χ0) is 18.0. The first-order valence-corrected chi connectivity index (χ1v) is 8.88. The van der Waals surface area contributed by atoms with E-state index < -0.39 is 0 Å². The van der Waals surface area contributed by atoms with Gasteiger partial charge in [0.2, 0.25) is 0 Å². The standard InChI is InChI=1S/C19H20N2O3S/c1-5-9-21-16-8-7-14(23-6-2)11-17(16)25-19(21)20-18(22)15-10-12(3)24-13(15)4/h5,7-8,10-11H,1,6,9H2,2-4H3. The Hall–Kier alpha value is -2.60. The SMILES string of the molecule is C=CCn1c(=NC(=O)c2cc(C)oc2C)sc2cc(OCC)ccc21. The Bertz CT molecular complexity index is 1010. The first-order chi connectivity index (χ1) is 12.0. The van der Waals surface area contributed by atoms with Crippen LogP contribution in [0.15, 0.2) is 46.3 Å². The number of nitrogens with zero attached hydrogens (tertiary/aromatic N) is 2. The maximum atomic E-state index is 12.6. The fourth-order valence-electron chi connectivity index (χ4n) is 2.69. The lowest BCUT2D eigenvalue weighted by Gasteiger charge is -2.04. The fourth-order valence-corrected chi connectivity index (χ4v) is 3.76. The second kappa shape index (κ2) is 7.11. The summed E-state index contributed by atoms with van der Waals surface area (Å²) < 4.78 is 14.0. The number of rotatable bonds is 5. The topological polar surface area (TPSA) is 56.7 Å². The van der Waals surface area contributed by atoms with Crippen molar-refractivity contribution in [2.75, 3.05) is 6.61 Å². The number of hydrogen-bond acceptors (Lipinski definition) is 4. The number of aryl methyl sites for hydroxylation is 2. The van der Waals surface area contributed by atoms with Gasteiger partial charge in [-0.15, -0.1) is 6.58 Å². The van der Waals surface area contributed by atoms with E-state index in [4.69, 9.17) is 9.15 Å². The highest BCUT2D eigenvalue weighted by Crippen LogP contribution is 2.24. The van der Waals surface area contributed by atoms with Gasteiger partial charge in [0.25, 0.3) is 5.91 Å². The first kappa shape index (κ1) is 17.2. The molecule has 1 amide bonds. The van der Waals surface area contributed by atoms with Crippen LogP contribution in [-0.4, -0.2) is 17.1 Å². The number of furan rings is 1. The van der Waals surface area contributed by atoms with Crippen molar-refractivity contribution in [3.8, 4) is 5.75 Å². The van der Waals surface area contributed by atoms with Crippen molar-refractivity contribution in [1.29, 1.82) is 0 Å². The van der Waals surface area contributed by atoms with Crippen LogP contribution in [0.5, 0.6) is 5.75 Å². The fraction of sp³-hybridized carbons (Fsp3) is 0.263. The van der Waals surface area contributed by atoms with Gasteiger partial charge in [0, 0.05) is 6.54 Å². The third-order valence-electron chi connectivity index (χ3n) is 3.75. The van der Waals surface area contributed by atoms with Crippen LogP contribution in [-0.2, 0) is 6.54 Å². The van der Waals surface area contributed by atoms with Crippen LogP contribution in [0.1, 0.15) is 28.8 Å². The van der Waals surface area contributed by atoms with Gasteiger partial charge in [0.15, 0.2) is 4.80 Å². The van der Waals surface area contributed by atoms with E-state index in [-0.39, 0.29) is 5.91 Å². The van der Waals surface area contributed by atoms with E-state index in [0.29, 0.717) is 35.0 Å². The van der Waals surface area contributed by atoms with Crippen molar-refractivity contribution in [3.63, 3.8) is 0 Å². The third kappa shape index (κ3) is 3.44. The molecule has 0 aliphatic rings. The van der Waals surface area contributed by atoms with Gasteiger partial charge >= 0.3 is 0 Å². The summed E-state index contributed by atoms with van der Waals surface area (Å²) in [5.41, 5.74) is 1.50. The minimum atomic E-state index is -0.302. The molecule has 3 aromatic rings. The number of benzene rings is 1. The lowest BCUT2D eigenvalue weighted by molar-refractivity contribution is 0.0996. The third-order valence-corrected chi connectivity index (χ3v) is 4.79. The number of carbonyl (C=O) groups excluding carboxylic acids is 1. The summed E-state index contributed by atoms with van der Waals surface area (Å²) in [6, 6.07) is 7.60. The molecule has 2 aromatic heterocycles. The number of ether oxygens (including phenoxy) is 1. The highest BCUT2D eigenvalue weighted by molar-refractivity contribution is 7.16. The average molecular weight is 356 g/mol. The Labute approximate surface area is 149 Å². The molecular weight excluding hydrogens is 336 g/mol. The monoisotopic (exact) mass is 356 g/mol. The summed E-state index contributed by atoms with van der Waals surface area (Å²) >= 11 is 1.46. The summed E-state index contributed by atoms with van der Waals surface area (Å²) in [5, 5.41) is 0. The molecule has 1 aromatic carbocycles. The van der Waals surface area contributed by atoms with Gasteiger partial charge in [0.1, 0.15) is 17.3 Å². The van der Waals surface area contributed by atoms with E-state index in [1.54, 1.807) is 19.1 Å². The molecular formula is C19H20N2O3S. The first-order valence-electron chi connectivity index (χ1n) is 8.06. The maximum absolute atomic E-state index is 12.6. The highest BCUT2D eigenvalue weighted by Gasteiger charge is 2.14. The lowest BCUT2D eigenvalue weighted by atomic mass is 10.2. The molecule has 25 heavy (non-hydrogen) atoms. The van der Waals surface area contributed by atoms with Gasteiger partial charge < -0.3 is 13.7 Å². The molecule has 6 heteroatoms. The lowest BCUT2D eigenvalue weighted by Crippen LogP contribution is -2.16. The molecule has 5 nitrogen and oxygen atoms in total. The molecule has 0 N–H and O–H groups in total. The number of fused-ring (bicyclic) bond motifs is 1. The Balaban J connectivity index is 2.13. The number of hydrogen-bond donors (Lipinski definition) is 0. The van der Waals surface area contributed by atoms with Crippen molar-refractivity contribution >= 4 is 27.5 Å². The molecule has 0 aliphatic heterocycles. The molecule has 0 radical (unpaired) electrons. The van der Waals surface area contributed by atoms with Crippen molar-refractivity contribution in [3.05, 3.63) is 58.8 Å². The molecule has 0 aliphatic carbocycles. The Morgan fingerprint density at radius 1 is 1.40 bits per heavy atom. The molecule has 0 saturated heterocycles. The summed E-state index contributed by atoms with van der Waals surface area (Å²) in [4.78, 5) is 17.5. The summed E-state index contributed by atoms with van der Waals surface area (Å²) in [6.07, 6.45) is 1.79. The van der Waals surface area contributed by atoms with Crippen molar-refractivity contribution in [1.82, 2.24) is 4.57 Å². The van der Waals surface area contributed by atoms with Gasteiger partial charge in [-0.25, -0.2) is 0 Å². The number of amides is 1. The van der Waals surface area contributed by atoms with Gasteiger partial charge in [-0.1, -0.05) is 17.4 Å². The normalized spacial score (nSPS) is 11.9. The van der Waals surface area contributed by atoms with Gasteiger partial charge in [0.05, 0.1) is 22.4 Å². The predicted octanol–water partition coefficient (Wildman–Crippen LogP) is 4.24. The van der Waals surface area contributed by atoms with E-state index in [1.165, 1.54) is 11.3 Å². The Morgan fingerprint density at radius 3 is 2.84 bits per heavy atom. The van der Waals surface area contributed by atoms with E-state index >= 15 is 0 Å². The summed E-state index contributed by atoms with van der Waals surface area (Å²) in [5.74, 6) is 1.79. The van der Waals surface area contributed by atoms with E-state index in [0.717, 1.165) is 16.0 Å². The molecule has 0 bridgehead atoms. The van der Waals surface area contributed by atoms with Crippen molar-refractivity contribution in [2.45, 2.75) is 27.3 Å². The predicted molar refractivity (Wildman–Crippen MR) is 99.3 cm³/mol. The molecule has 0 fully saturated rings. The molecule has 0 spiro atoms. The number of carbonyl (C=O) groups is 1. The molecule has 130 valence electrons. The van der Waals surface area contributed by atoms with Gasteiger partial charge in [-0.3, -0.25) is 4.79 Å². The number of allylic oxidation sites excluding steroid dienone is 1. The van der Waals surface area contributed by atoms with Crippen molar-refractivity contribution in [2.24, 2.45) is 4.99 Å². The van der Waals surface area contributed by atoms with E-state index in [9.17, 15) is 4.79 Å². The zero-order valence-electron chi connectivity index (χ0n) is 14.5. The Morgan fingerprint density at radius 2 is 2.20 bits per heavy atom. The number of thiazole rings is 1. The smallest absolute Gasteiger partial charge is 0.283 e. The van der Waals surface area contributed by atoms with Crippen LogP contribution < -0.4 is 9.54 Å². The average Bonchev–Trinajstić information content (AvgIpc) is 3.08. The van der Waals surface area contributed by atoms with Crippen LogP contribution >= 0.6 is 11.3 Å². The molecule has 0 atom stereocenters. The molecule has 3 rings (SSSR count). The van der Waals surface area contributed by atoms with Crippen LogP contribution in [0, 0.1) is 13.8 Å². The van der Waals surface area contributed by atoms with E-state index in [2.05, 4.69) is 11.6 Å². The van der Waals surface area contributed by atoms with Crippen LogP contribution in [0.25, 0.3) is 10.2 Å². The molecule has 0 saturated carbocycles. The van der Waals surface area contributed by atoms with Gasteiger partial charge in [-0.05, 0) is 45.0 Å². The summed E-state index contributed by atoms with van der Waals surface area (Å²) in [7, 11) is 0. The van der Waals surface area contributed by atoms with Gasteiger partial charge in [-0.2, -0.15) is 4.99 Å². The largest absolute Gasteiger partial charge is 0.494 e. The van der Waals surface area contributed by atoms with Crippen LogP contribution in [0.4, 0.5) is 0 Å². The number of aromatic nitrogens is 1. The van der Waals surface area contributed by atoms with E-state index in [1.807, 2.05) is 36.6 Å². The van der Waals surface area contributed by atoms with Crippen molar-refractivity contribution < 1.29 is 13.9 Å². The highest BCUT2D eigenvalue weighted by atomic mass is 32.1. The second-order valence-corrected chi connectivity index (χ2v) is 6.60. The maximum Gasteiger partial charge on any atom is 0.283 e. The summed E-state index contributed by atoms with van der Waals surface area (Å²) in [6.45, 7) is 10.5.